The van der Waals surface area contributed by atoms with Gasteiger partial charge in [0, 0.05) is 31.6 Å². The smallest absolute Gasteiger partial charge is 0.191 e. The van der Waals surface area contributed by atoms with Gasteiger partial charge < -0.3 is 20.1 Å². The number of hydrogen-bond donors (Lipinski definition) is 2. The molecule has 2 fully saturated rings. The predicted molar refractivity (Wildman–Crippen MR) is 140 cm³/mol. The maximum absolute atomic E-state index is 5.58. The molecule has 6 nitrogen and oxygen atoms in total. The molecule has 3 atom stereocenters. The lowest BCUT2D eigenvalue weighted by molar-refractivity contribution is 0.0179. The van der Waals surface area contributed by atoms with Crippen molar-refractivity contribution in [3.63, 3.8) is 0 Å². The van der Waals surface area contributed by atoms with Crippen LogP contribution in [0.25, 0.3) is 0 Å². The number of rotatable bonds is 8. The van der Waals surface area contributed by atoms with E-state index < -0.39 is 0 Å². The number of methoxy groups -OCH3 is 1. The highest BCUT2D eigenvalue weighted by molar-refractivity contribution is 14.0. The summed E-state index contributed by atoms with van der Waals surface area (Å²) >= 11 is 0. The number of aliphatic imine (C=N–C) groups is 1. The van der Waals surface area contributed by atoms with E-state index in [-0.39, 0.29) is 30.0 Å². The first-order valence-electron chi connectivity index (χ1n) is 11.3. The molecule has 0 aromatic heterocycles. The van der Waals surface area contributed by atoms with Crippen molar-refractivity contribution in [2.75, 3.05) is 46.5 Å². The minimum absolute atomic E-state index is 0. The molecule has 1 aliphatic carbocycles. The summed E-state index contributed by atoms with van der Waals surface area (Å²) in [6.45, 7) is 7.06. The molecule has 1 aliphatic heterocycles. The molecule has 2 N–H and O–H groups in total. The highest BCUT2D eigenvalue weighted by Gasteiger charge is 2.38. The maximum atomic E-state index is 5.58. The Hall–Kier alpha value is -1.84. The summed E-state index contributed by atoms with van der Waals surface area (Å²) in [5.74, 6) is 2.35. The number of benzene rings is 2. The number of halogens is 1. The second-order valence-corrected chi connectivity index (χ2v) is 8.16. The van der Waals surface area contributed by atoms with E-state index in [4.69, 9.17) is 14.5 Å². The van der Waals surface area contributed by atoms with Crippen LogP contribution in [0, 0.1) is 0 Å². The quantitative estimate of drug-likeness (QED) is 0.298. The molecule has 2 aromatic carbocycles. The van der Waals surface area contributed by atoms with E-state index in [0.717, 1.165) is 51.0 Å². The molecule has 1 saturated heterocycles. The fourth-order valence-corrected chi connectivity index (χ4v) is 4.24. The van der Waals surface area contributed by atoms with Crippen LogP contribution in [0.4, 0.5) is 0 Å². The lowest BCUT2D eigenvalue weighted by Crippen LogP contribution is -2.42. The average molecular weight is 550 g/mol. The number of morpholine rings is 1. The fourth-order valence-electron chi connectivity index (χ4n) is 4.24. The molecule has 0 spiro atoms. The molecule has 2 aliphatic rings. The molecule has 32 heavy (non-hydrogen) atoms. The molecule has 0 bridgehead atoms. The Morgan fingerprint density at radius 3 is 2.50 bits per heavy atom. The fraction of sp³-hybridized carbons (Fsp3) is 0.480. The molecule has 2 aromatic rings. The molecule has 1 heterocycles. The Morgan fingerprint density at radius 2 is 1.84 bits per heavy atom. The summed E-state index contributed by atoms with van der Waals surface area (Å²) in [6.07, 6.45) is 1.15. The van der Waals surface area contributed by atoms with Gasteiger partial charge in [-0.3, -0.25) is 9.89 Å². The molecular weight excluding hydrogens is 515 g/mol. The SMILES string of the molecule is CCNC(=NCC(c1ccc(OC)cc1)N1CCOCC1)NC1CC1c1ccccc1.I. The van der Waals surface area contributed by atoms with Crippen molar-refractivity contribution in [3.05, 3.63) is 65.7 Å². The second kappa shape index (κ2) is 12.4. The molecule has 0 radical (unpaired) electrons. The Labute approximate surface area is 208 Å². The van der Waals surface area contributed by atoms with E-state index in [9.17, 15) is 0 Å². The van der Waals surface area contributed by atoms with E-state index >= 15 is 0 Å². The first-order valence-corrected chi connectivity index (χ1v) is 11.3. The Bertz CT molecular complexity index is 841. The van der Waals surface area contributed by atoms with Gasteiger partial charge in [0.2, 0.25) is 0 Å². The van der Waals surface area contributed by atoms with Crippen molar-refractivity contribution < 1.29 is 9.47 Å². The van der Waals surface area contributed by atoms with Crippen LogP contribution in [0.15, 0.2) is 59.6 Å². The molecular formula is C25H35IN4O2. The van der Waals surface area contributed by atoms with Gasteiger partial charge in [-0.25, -0.2) is 0 Å². The van der Waals surface area contributed by atoms with Crippen LogP contribution in [-0.2, 0) is 4.74 Å². The topological polar surface area (TPSA) is 58.1 Å². The third-order valence-corrected chi connectivity index (χ3v) is 6.09. The summed E-state index contributed by atoms with van der Waals surface area (Å²) in [7, 11) is 1.70. The third-order valence-electron chi connectivity index (χ3n) is 6.09. The highest BCUT2D eigenvalue weighted by atomic mass is 127. The van der Waals surface area contributed by atoms with Gasteiger partial charge in [-0.05, 0) is 36.6 Å². The van der Waals surface area contributed by atoms with E-state index in [0.29, 0.717) is 18.5 Å². The molecule has 3 unspecified atom stereocenters. The summed E-state index contributed by atoms with van der Waals surface area (Å²) in [6, 6.07) is 19.8. The second-order valence-electron chi connectivity index (χ2n) is 8.16. The standard InChI is InChI=1S/C25H34N4O2.HI/c1-3-26-25(28-23-17-22(23)19-7-5-4-6-8-19)27-18-24(29-13-15-31-16-14-29)20-9-11-21(30-2)12-10-20;/h4-12,22-24H,3,13-18H2,1-2H3,(H2,26,27,28);1H. The Kier molecular flexibility index (Phi) is 9.62. The van der Waals surface area contributed by atoms with E-state index in [1.807, 2.05) is 12.1 Å². The van der Waals surface area contributed by atoms with Crippen LogP contribution in [0.2, 0.25) is 0 Å². The third kappa shape index (κ3) is 6.59. The van der Waals surface area contributed by atoms with Crippen molar-refractivity contribution in [2.45, 2.75) is 31.3 Å². The molecule has 1 saturated carbocycles. The number of hydrogen-bond acceptors (Lipinski definition) is 4. The lowest BCUT2D eigenvalue weighted by Gasteiger charge is -2.34. The predicted octanol–water partition coefficient (Wildman–Crippen LogP) is 3.80. The molecule has 4 rings (SSSR count). The van der Waals surface area contributed by atoms with Gasteiger partial charge in [0.25, 0.3) is 0 Å². The number of nitrogens with zero attached hydrogens (tertiary/aromatic N) is 2. The van der Waals surface area contributed by atoms with Crippen LogP contribution < -0.4 is 15.4 Å². The van der Waals surface area contributed by atoms with Crippen molar-refractivity contribution >= 4 is 29.9 Å². The van der Waals surface area contributed by atoms with Gasteiger partial charge >= 0.3 is 0 Å². The molecule has 174 valence electrons. The largest absolute Gasteiger partial charge is 0.497 e. The average Bonchev–Trinajstić information content (AvgIpc) is 3.60. The summed E-state index contributed by atoms with van der Waals surface area (Å²) in [5, 5.41) is 7.07. The van der Waals surface area contributed by atoms with Crippen molar-refractivity contribution in [3.8, 4) is 5.75 Å². The van der Waals surface area contributed by atoms with Crippen LogP contribution >= 0.6 is 24.0 Å². The zero-order valence-corrected chi connectivity index (χ0v) is 21.3. The lowest BCUT2D eigenvalue weighted by atomic mass is 10.0. The highest BCUT2D eigenvalue weighted by Crippen LogP contribution is 2.40. The molecule has 0 amide bonds. The normalized spacial score (nSPS) is 21.9. The van der Waals surface area contributed by atoms with Crippen molar-refractivity contribution in [1.29, 1.82) is 0 Å². The maximum Gasteiger partial charge on any atom is 0.191 e. The van der Waals surface area contributed by atoms with Crippen LogP contribution in [0.5, 0.6) is 5.75 Å². The van der Waals surface area contributed by atoms with E-state index in [1.54, 1.807) is 7.11 Å². The van der Waals surface area contributed by atoms with Gasteiger partial charge in [0.1, 0.15) is 5.75 Å². The number of guanidine groups is 1. The summed E-state index contributed by atoms with van der Waals surface area (Å²) < 4.78 is 10.9. The molecule has 7 heteroatoms. The minimum Gasteiger partial charge on any atom is -0.497 e. The van der Waals surface area contributed by atoms with Gasteiger partial charge in [-0.1, -0.05) is 42.5 Å². The minimum atomic E-state index is 0. The Morgan fingerprint density at radius 1 is 1.12 bits per heavy atom. The van der Waals surface area contributed by atoms with Gasteiger partial charge in [0.15, 0.2) is 5.96 Å². The zero-order valence-electron chi connectivity index (χ0n) is 19.0. The summed E-state index contributed by atoms with van der Waals surface area (Å²) in [4.78, 5) is 7.47. The van der Waals surface area contributed by atoms with Gasteiger partial charge in [-0.2, -0.15) is 0 Å². The summed E-state index contributed by atoms with van der Waals surface area (Å²) in [5.41, 5.74) is 2.66. The van der Waals surface area contributed by atoms with Crippen LogP contribution in [0.1, 0.15) is 36.4 Å². The number of nitrogens with one attached hydrogen (secondary N) is 2. The first-order chi connectivity index (χ1) is 15.3. The van der Waals surface area contributed by atoms with Crippen LogP contribution in [0.3, 0.4) is 0 Å². The van der Waals surface area contributed by atoms with Crippen LogP contribution in [-0.4, -0.2) is 63.4 Å². The van der Waals surface area contributed by atoms with Gasteiger partial charge in [-0.15, -0.1) is 24.0 Å². The van der Waals surface area contributed by atoms with E-state index in [2.05, 4.69) is 64.9 Å². The van der Waals surface area contributed by atoms with Gasteiger partial charge in [0.05, 0.1) is 32.9 Å². The zero-order chi connectivity index (χ0) is 21.5. The number of ether oxygens (including phenoxy) is 2. The van der Waals surface area contributed by atoms with Crippen molar-refractivity contribution in [1.82, 2.24) is 15.5 Å². The van der Waals surface area contributed by atoms with E-state index in [1.165, 1.54) is 11.1 Å². The van der Waals surface area contributed by atoms with Crippen molar-refractivity contribution in [2.24, 2.45) is 4.99 Å². The first kappa shape index (κ1) is 24.8. The monoisotopic (exact) mass is 550 g/mol. The Balaban J connectivity index is 0.00000289.